The van der Waals surface area contributed by atoms with E-state index in [0.717, 1.165) is 16.2 Å². The van der Waals surface area contributed by atoms with Crippen molar-refractivity contribution in [2.45, 2.75) is 26.2 Å². The van der Waals surface area contributed by atoms with Crippen LogP contribution in [0.1, 0.15) is 29.7 Å². The van der Waals surface area contributed by atoms with Crippen LogP contribution >= 0.6 is 11.3 Å². The summed E-state index contributed by atoms with van der Waals surface area (Å²) < 4.78 is 0. The first-order chi connectivity index (χ1) is 5.24. The van der Waals surface area contributed by atoms with E-state index < -0.39 is 0 Å². The van der Waals surface area contributed by atoms with Gasteiger partial charge in [0.2, 0.25) is 0 Å². The minimum atomic E-state index is 0.473. The topological polar surface area (TPSA) is 30.0 Å². The molecule has 0 radical (unpaired) electrons. The van der Waals surface area contributed by atoms with Gasteiger partial charge < -0.3 is 4.79 Å². The molecule has 0 fully saturated rings. The van der Waals surface area contributed by atoms with Crippen LogP contribution in [0.4, 0.5) is 0 Å². The van der Waals surface area contributed by atoms with Crippen LogP contribution in [0.3, 0.4) is 0 Å². The Hall–Kier alpha value is -0.700. The second-order valence-corrected chi connectivity index (χ2v) is 3.84. The fraction of sp³-hybridized carbons (Fsp3) is 0.500. The van der Waals surface area contributed by atoms with Gasteiger partial charge in [0.05, 0.1) is 5.01 Å². The summed E-state index contributed by atoms with van der Waals surface area (Å²) in [4.78, 5) is 15.4. The molecular weight excluding hydrogens is 158 g/mol. The molecule has 0 spiro atoms. The summed E-state index contributed by atoms with van der Waals surface area (Å²) in [6, 6.07) is 0. The van der Waals surface area contributed by atoms with Crippen molar-refractivity contribution in [1.29, 1.82) is 0 Å². The lowest BCUT2D eigenvalue weighted by Crippen LogP contribution is -1.81. The molecule has 0 saturated heterocycles. The second kappa shape index (κ2) is 3.62. The van der Waals surface area contributed by atoms with Crippen LogP contribution in [0, 0.1) is 0 Å². The number of aldehydes is 1. The molecular formula is C8H11NOS. The lowest BCUT2D eigenvalue weighted by molar-refractivity contribution is -0.107. The molecule has 0 aliphatic rings. The monoisotopic (exact) mass is 169 g/mol. The van der Waals surface area contributed by atoms with Gasteiger partial charge in [-0.05, 0) is 0 Å². The summed E-state index contributed by atoms with van der Waals surface area (Å²) in [5, 5.41) is 1.11. The lowest BCUT2D eigenvalue weighted by atomic mass is 10.2. The average Bonchev–Trinajstić information content (AvgIpc) is 2.37. The lowest BCUT2D eigenvalue weighted by Gasteiger charge is -1.94. The quantitative estimate of drug-likeness (QED) is 0.648. The molecule has 1 aromatic heterocycles. The zero-order chi connectivity index (χ0) is 8.27. The molecule has 0 saturated carbocycles. The van der Waals surface area contributed by atoms with Crippen molar-refractivity contribution < 1.29 is 4.79 Å². The van der Waals surface area contributed by atoms with Crippen LogP contribution < -0.4 is 0 Å². The van der Waals surface area contributed by atoms with Gasteiger partial charge in [0.1, 0.15) is 6.29 Å². The van der Waals surface area contributed by atoms with Crippen molar-refractivity contribution in [3.63, 3.8) is 0 Å². The standard InChI is InChI=1S/C8H11NOS/c1-6(2)8-9-5-7(11-8)3-4-10/h4-6H,3H2,1-2H3. The van der Waals surface area contributed by atoms with Crippen molar-refractivity contribution in [2.24, 2.45) is 0 Å². The minimum Gasteiger partial charge on any atom is -0.303 e. The fourth-order valence-electron chi connectivity index (χ4n) is 0.766. The van der Waals surface area contributed by atoms with Gasteiger partial charge in [-0.15, -0.1) is 11.3 Å². The summed E-state index contributed by atoms with van der Waals surface area (Å²) in [5.74, 6) is 0.473. The molecule has 0 atom stereocenters. The number of hydrogen-bond acceptors (Lipinski definition) is 3. The van der Waals surface area contributed by atoms with Gasteiger partial charge in [-0.1, -0.05) is 13.8 Å². The van der Waals surface area contributed by atoms with E-state index in [1.807, 2.05) is 0 Å². The highest BCUT2D eigenvalue weighted by Gasteiger charge is 2.04. The van der Waals surface area contributed by atoms with Crippen LogP contribution in [0.2, 0.25) is 0 Å². The molecule has 0 amide bonds. The summed E-state index contributed by atoms with van der Waals surface area (Å²) >= 11 is 1.62. The van der Waals surface area contributed by atoms with Gasteiger partial charge in [-0.2, -0.15) is 0 Å². The highest BCUT2D eigenvalue weighted by molar-refractivity contribution is 7.11. The SMILES string of the molecule is CC(C)c1ncc(CC=O)s1. The zero-order valence-electron chi connectivity index (χ0n) is 6.70. The maximum absolute atomic E-state index is 10.1. The highest BCUT2D eigenvalue weighted by Crippen LogP contribution is 2.20. The molecule has 2 nitrogen and oxygen atoms in total. The molecule has 0 aromatic carbocycles. The second-order valence-electron chi connectivity index (χ2n) is 2.69. The summed E-state index contributed by atoms with van der Waals surface area (Å²) in [5.41, 5.74) is 0. The van der Waals surface area contributed by atoms with Crippen molar-refractivity contribution in [3.8, 4) is 0 Å². The maximum Gasteiger partial charge on any atom is 0.125 e. The van der Waals surface area contributed by atoms with Crippen LogP contribution in [-0.2, 0) is 11.2 Å². The molecule has 0 N–H and O–H groups in total. The van der Waals surface area contributed by atoms with E-state index in [1.165, 1.54) is 0 Å². The van der Waals surface area contributed by atoms with Crippen molar-refractivity contribution >= 4 is 17.6 Å². The van der Waals surface area contributed by atoms with E-state index in [9.17, 15) is 4.79 Å². The molecule has 0 unspecified atom stereocenters. The van der Waals surface area contributed by atoms with Gasteiger partial charge in [-0.3, -0.25) is 0 Å². The van der Waals surface area contributed by atoms with Crippen LogP contribution in [0.5, 0.6) is 0 Å². The average molecular weight is 169 g/mol. The minimum absolute atomic E-state index is 0.473. The number of carbonyl (C=O) groups excluding carboxylic acids is 1. The largest absolute Gasteiger partial charge is 0.303 e. The normalized spacial score (nSPS) is 10.5. The van der Waals surface area contributed by atoms with E-state index in [2.05, 4.69) is 18.8 Å². The number of hydrogen-bond donors (Lipinski definition) is 0. The highest BCUT2D eigenvalue weighted by atomic mass is 32.1. The molecule has 1 rings (SSSR count). The van der Waals surface area contributed by atoms with Crippen LogP contribution in [-0.4, -0.2) is 11.3 Å². The summed E-state index contributed by atoms with van der Waals surface area (Å²) in [7, 11) is 0. The van der Waals surface area contributed by atoms with E-state index in [1.54, 1.807) is 17.5 Å². The molecule has 1 aromatic rings. The number of thiazole rings is 1. The van der Waals surface area contributed by atoms with E-state index in [4.69, 9.17) is 0 Å². The van der Waals surface area contributed by atoms with Crippen molar-refractivity contribution in [1.82, 2.24) is 4.98 Å². The Bertz CT molecular complexity index is 242. The van der Waals surface area contributed by atoms with Crippen LogP contribution in [0.25, 0.3) is 0 Å². The van der Waals surface area contributed by atoms with Crippen molar-refractivity contribution in [2.75, 3.05) is 0 Å². The van der Waals surface area contributed by atoms with E-state index in [-0.39, 0.29) is 0 Å². The zero-order valence-corrected chi connectivity index (χ0v) is 7.52. The Morgan fingerprint density at radius 2 is 2.45 bits per heavy atom. The Morgan fingerprint density at radius 1 is 1.73 bits per heavy atom. The van der Waals surface area contributed by atoms with Gasteiger partial charge >= 0.3 is 0 Å². The number of rotatable bonds is 3. The van der Waals surface area contributed by atoms with E-state index in [0.29, 0.717) is 12.3 Å². The molecule has 1 heterocycles. The Balaban J connectivity index is 2.73. The van der Waals surface area contributed by atoms with Crippen molar-refractivity contribution in [3.05, 3.63) is 16.1 Å². The summed E-state index contributed by atoms with van der Waals surface area (Å²) in [6.45, 7) is 4.20. The Labute approximate surface area is 70.3 Å². The predicted octanol–water partition coefficient (Wildman–Crippen LogP) is 2.01. The van der Waals surface area contributed by atoms with Crippen LogP contribution in [0.15, 0.2) is 6.20 Å². The number of aromatic nitrogens is 1. The molecule has 11 heavy (non-hydrogen) atoms. The smallest absolute Gasteiger partial charge is 0.125 e. The third-order valence-electron chi connectivity index (χ3n) is 1.35. The molecule has 0 aliphatic heterocycles. The third kappa shape index (κ3) is 2.12. The summed E-state index contributed by atoms with van der Waals surface area (Å²) in [6.07, 6.45) is 3.20. The first-order valence-electron chi connectivity index (χ1n) is 3.62. The molecule has 0 bridgehead atoms. The van der Waals surface area contributed by atoms with Gasteiger partial charge in [0, 0.05) is 23.4 Å². The Morgan fingerprint density at radius 3 is 2.91 bits per heavy atom. The Kier molecular flexibility index (Phi) is 2.76. The molecule has 0 aliphatic carbocycles. The maximum atomic E-state index is 10.1. The first kappa shape index (κ1) is 8.40. The number of carbonyl (C=O) groups is 1. The van der Waals surface area contributed by atoms with E-state index >= 15 is 0 Å². The molecule has 3 heteroatoms. The predicted molar refractivity (Wildman–Crippen MR) is 46.0 cm³/mol. The molecule has 60 valence electrons. The number of nitrogens with zero attached hydrogens (tertiary/aromatic N) is 1. The third-order valence-corrected chi connectivity index (χ3v) is 2.67. The fourth-order valence-corrected chi connectivity index (χ4v) is 1.63. The van der Waals surface area contributed by atoms with Gasteiger partial charge in [-0.25, -0.2) is 4.98 Å². The van der Waals surface area contributed by atoms with Gasteiger partial charge in [0.25, 0.3) is 0 Å². The van der Waals surface area contributed by atoms with Gasteiger partial charge in [0.15, 0.2) is 0 Å². The first-order valence-corrected chi connectivity index (χ1v) is 4.44.